The molecule has 1 aromatic rings. The summed E-state index contributed by atoms with van der Waals surface area (Å²) in [5.41, 5.74) is 4.63. The lowest BCUT2D eigenvalue weighted by Gasteiger charge is -2.15. The molecule has 4 heteroatoms. The second-order valence-electron chi connectivity index (χ2n) is 4.39. The van der Waals surface area contributed by atoms with Crippen molar-refractivity contribution >= 4 is 5.91 Å². The van der Waals surface area contributed by atoms with E-state index in [4.69, 9.17) is 9.84 Å². The van der Waals surface area contributed by atoms with E-state index in [1.165, 1.54) is 11.1 Å². The van der Waals surface area contributed by atoms with E-state index < -0.39 is 6.61 Å². The van der Waals surface area contributed by atoms with Crippen molar-refractivity contribution in [3.63, 3.8) is 0 Å². The first-order valence-electron chi connectivity index (χ1n) is 6.02. The number of aliphatic hydroxyl groups is 1. The average Bonchev–Trinajstić information content (AvgIpc) is 2.35. The fourth-order valence-corrected chi connectivity index (χ4v) is 2.11. The van der Waals surface area contributed by atoms with Crippen molar-refractivity contribution in [2.75, 3.05) is 20.3 Å². The van der Waals surface area contributed by atoms with Gasteiger partial charge in [0.25, 0.3) is 0 Å². The van der Waals surface area contributed by atoms with Crippen molar-refractivity contribution in [3.05, 3.63) is 28.3 Å². The van der Waals surface area contributed by atoms with Gasteiger partial charge in [0.2, 0.25) is 5.91 Å². The lowest BCUT2D eigenvalue weighted by molar-refractivity contribution is -0.123. The number of hydrogen-bond acceptors (Lipinski definition) is 3. The highest BCUT2D eigenvalue weighted by Crippen LogP contribution is 2.28. The van der Waals surface area contributed by atoms with E-state index in [-0.39, 0.29) is 5.91 Å². The maximum absolute atomic E-state index is 10.9. The SMILES string of the molecule is COc1c(C)cc(CCNC(=O)CO)c(C)c1C. The minimum atomic E-state index is -0.459. The Morgan fingerprint density at radius 3 is 2.56 bits per heavy atom. The molecule has 0 saturated heterocycles. The lowest BCUT2D eigenvalue weighted by Crippen LogP contribution is -2.28. The Labute approximate surface area is 108 Å². The molecule has 4 nitrogen and oxygen atoms in total. The van der Waals surface area contributed by atoms with Crippen molar-refractivity contribution < 1.29 is 14.6 Å². The van der Waals surface area contributed by atoms with Gasteiger partial charge in [-0.15, -0.1) is 0 Å². The van der Waals surface area contributed by atoms with Crippen LogP contribution in [0.1, 0.15) is 22.3 Å². The lowest BCUT2D eigenvalue weighted by atomic mass is 9.96. The van der Waals surface area contributed by atoms with Gasteiger partial charge in [0.05, 0.1) is 7.11 Å². The Balaban J connectivity index is 2.81. The third-order valence-electron chi connectivity index (χ3n) is 3.20. The molecule has 1 aromatic carbocycles. The molecule has 2 N–H and O–H groups in total. The second kappa shape index (κ2) is 6.40. The van der Waals surface area contributed by atoms with Gasteiger partial charge in [0.1, 0.15) is 12.4 Å². The molecule has 1 rings (SSSR count). The zero-order chi connectivity index (χ0) is 13.7. The normalized spacial score (nSPS) is 10.3. The van der Waals surface area contributed by atoms with Crippen LogP contribution in [0.25, 0.3) is 0 Å². The quantitative estimate of drug-likeness (QED) is 0.828. The van der Waals surface area contributed by atoms with Crippen LogP contribution in [0.5, 0.6) is 5.75 Å². The zero-order valence-electron chi connectivity index (χ0n) is 11.5. The van der Waals surface area contributed by atoms with Crippen molar-refractivity contribution in [1.29, 1.82) is 0 Å². The number of nitrogens with one attached hydrogen (secondary N) is 1. The molecule has 18 heavy (non-hydrogen) atoms. The van der Waals surface area contributed by atoms with Crippen molar-refractivity contribution in [3.8, 4) is 5.75 Å². The van der Waals surface area contributed by atoms with Gasteiger partial charge in [-0.1, -0.05) is 6.07 Å². The summed E-state index contributed by atoms with van der Waals surface area (Å²) in [4.78, 5) is 10.9. The molecule has 0 aliphatic rings. The van der Waals surface area contributed by atoms with E-state index in [1.54, 1.807) is 7.11 Å². The number of ether oxygens (including phenoxy) is 1. The van der Waals surface area contributed by atoms with Gasteiger partial charge in [-0.05, 0) is 49.4 Å². The van der Waals surface area contributed by atoms with Crippen LogP contribution in [0, 0.1) is 20.8 Å². The largest absolute Gasteiger partial charge is 0.496 e. The van der Waals surface area contributed by atoms with Crippen LogP contribution in [0.15, 0.2) is 6.07 Å². The second-order valence-corrected chi connectivity index (χ2v) is 4.39. The minimum Gasteiger partial charge on any atom is -0.496 e. The Kier molecular flexibility index (Phi) is 5.16. The van der Waals surface area contributed by atoms with Crippen LogP contribution in [-0.4, -0.2) is 31.3 Å². The molecular weight excluding hydrogens is 230 g/mol. The average molecular weight is 251 g/mol. The first-order valence-corrected chi connectivity index (χ1v) is 6.02. The molecule has 0 aliphatic carbocycles. The Morgan fingerprint density at radius 2 is 2.00 bits per heavy atom. The van der Waals surface area contributed by atoms with E-state index in [0.29, 0.717) is 6.54 Å². The maximum atomic E-state index is 10.9. The minimum absolute atomic E-state index is 0.338. The van der Waals surface area contributed by atoms with Gasteiger partial charge >= 0.3 is 0 Å². The third-order valence-corrected chi connectivity index (χ3v) is 3.20. The molecular formula is C14H21NO3. The number of aliphatic hydroxyl groups excluding tert-OH is 1. The maximum Gasteiger partial charge on any atom is 0.245 e. The summed E-state index contributed by atoms with van der Waals surface area (Å²) in [6, 6.07) is 2.09. The topological polar surface area (TPSA) is 58.6 Å². The Morgan fingerprint density at radius 1 is 1.33 bits per heavy atom. The van der Waals surface area contributed by atoms with E-state index in [1.807, 2.05) is 13.8 Å². The molecule has 0 bridgehead atoms. The molecule has 0 atom stereocenters. The van der Waals surface area contributed by atoms with E-state index in [9.17, 15) is 4.79 Å². The molecule has 100 valence electrons. The number of methoxy groups -OCH3 is 1. The van der Waals surface area contributed by atoms with Crippen molar-refractivity contribution in [1.82, 2.24) is 5.32 Å². The Hall–Kier alpha value is -1.55. The van der Waals surface area contributed by atoms with Crippen LogP contribution in [0.4, 0.5) is 0 Å². The number of benzene rings is 1. The van der Waals surface area contributed by atoms with Crippen LogP contribution < -0.4 is 10.1 Å². The summed E-state index contributed by atoms with van der Waals surface area (Å²) in [6.45, 7) is 6.18. The van der Waals surface area contributed by atoms with Gasteiger partial charge < -0.3 is 15.2 Å². The number of amides is 1. The standard InChI is InChI=1S/C14H21NO3/c1-9-7-12(5-6-15-13(17)8-16)10(2)11(3)14(9)18-4/h7,16H,5-6,8H2,1-4H3,(H,15,17). The third kappa shape index (κ3) is 3.23. The predicted octanol–water partition coefficient (Wildman–Crippen LogP) is 1.27. The first kappa shape index (κ1) is 14.5. The van der Waals surface area contributed by atoms with E-state index in [2.05, 4.69) is 18.3 Å². The zero-order valence-corrected chi connectivity index (χ0v) is 11.5. The fraction of sp³-hybridized carbons (Fsp3) is 0.500. The van der Waals surface area contributed by atoms with Crippen LogP contribution in [-0.2, 0) is 11.2 Å². The summed E-state index contributed by atoms with van der Waals surface area (Å²) in [5.74, 6) is 0.588. The van der Waals surface area contributed by atoms with Crippen molar-refractivity contribution in [2.45, 2.75) is 27.2 Å². The number of rotatable bonds is 5. The van der Waals surface area contributed by atoms with Gasteiger partial charge in [0, 0.05) is 6.54 Å². The van der Waals surface area contributed by atoms with E-state index in [0.717, 1.165) is 23.3 Å². The molecule has 0 radical (unpaired) electrons. The van der Waals surface area contributed by atoms with Crippen LogP contribution in [0.3, 0.4) is 0 Å². The summed E-state index contributed by atoms with van der Waals surface area (Å²) in [6.07, 6.45) is 0.753. The number of aryl methyl sites for hydroxylation is 1. The van der Waals surface area contributed by atoms with Crippen LogP contribution in [0.2, 0.25) is 0 Å². The fourth-order valence-electron chi connectivity index (χ4n) is 2.11. The summed E-state index contributed by atoms with van der Waals surface area (Å²) < 4.78 is 5.37. The summed E-state index contributed by atoms with van der Waals surface area (Å²) in [7, 11) is 1.68. The number of hydrogen-bond donors (Lipinski definition) is 2. The molecule has 0 heterocycles. The van der Waals surface area contributed by atoms with Gasteiger partial charge in [0.15, 0.2) is 0 Å². The van der Waals surface area contributed by atoms with Gasteiger partial charge in [-0.3, -0.25) is 4.79 Å². The molecule has 0 fully saturated rings. The first-order chi connectivity index (χ1) is 8.51. The van der Waals surface area contributed by atoms with Gasteiger partial charge in [-0.2, -0.15) is 0 Å². The molecule has 0 saturated carbocycles. The number of carbonyl (C=O) groups is 1. The molecule has 0 aromatic heterocycles. The van der Waals surface area contributed by atoms with Crippen LogP contribution >= 0.6 is 0 Å². The molecule has 0 unspecified atom stereocenters. The van der Waals surface area contributed by atoms with Crippen molar-refractivity contribution in [2.24, 2.45) is 0 Å². The predicted molar refractivity (Wildman–Crippen MR) is 71.0 cm³/mol. The molecule has 0 spiro atoms. The summed E-state index contributed by atoms with van der Waals surface area (Å²) >= 11 is 0. The highest BCUT2D eigenvalue weighted by atomic mass is 16.5. The number of carbonyl (C=O) groups excluding carboxylic acids is 1. The highest BCUT2D eigenvalue weighted by Gasteiger charge is 2.10. The van der Waals surface area contributed by atoms with Gasteiger partial charge in [-0.25, -0.2) is 0 Å². The molecule has 1 amide bonds. The highest BCUT2D eigenvalue weighted by molar-refractivity contribution is 5.76. The summed E-state index contributed by atoms with van der Waals surface area (Å²) in [5, 5.41) is 11.3. The smallest absolute Gasteiger partial charge is 0.245 e. The Bertz CT molecular complexity index is 441. The monoisotopic (exact) mass is 251 g/mol. The molecule has 0 aliphatic heterocycles. The van der Waals surface area contributed by atoms with E-state index >= 15 is 0 Å².